The summed E-state index contributed by atoms with van der Waals surface area (Å²) in [5, 5.41) is 4.24. The van der Waals surface area contributed by atoms with Crippen LogP contribution in [0.1, 0.15) is 37.7 Å². The lowest BCUT2D eigenvalue weighted by Gasteiger charge is -2.39. The van der Waals surface area contributed by atoms with E-state index in [4.69, 9.17) is 16.3 Å². The number of rotatable bonds is 5. The summed E-state index contributed by atoms with van der Waals surface area (Å²) >= 11 is 6.04. The maximum atomic E-state index is 6.47. The van der Waals surface area contributed by atoms with E-state index in [-0.39, 0.29) is 5.60 Å². The molecule has 1 N–H and O–H groups in total. The van der Waals surface area contributed by atoms with Gasteiger partial charge >= 0.3 is 0 Å². The first-order chi connectivity index (χ1) is 10.8. The lowest BCUT2D eigenvalue weighted by atomic mass is 9.85. The van der Waals surface area contributed by atoms with E-state index in [1.165, 1.54) is 37.9 Å². The summed E-state index contributed by atoms with van der Waals surface area (Å²) in [5.74, 6) is 0. The van der Waals surface area contributed by atoms with Crippen LogP contribution in [-0.4, -0.2) is 44.2 Å². The van der Waals surface area contributed by atoms with Crippen molar-refractivity contribution in [3.63, 3.8) is 0 Å². The van der Waals surface area contributed by atoms with Gasteiger partial charge in [-0.2, -0.15) is 0 Å². The summed E-state index contributed by atoms with van der Waals surface area (Å²) in [7, 11) is 0. The number of nitrogens with one attached hydrogen (secondary N) is 1. The molecule has 0 amide bonds. The van der Waals surface area contributed by atoms with Crippen LogP contribution in [0.3, 0.4) is 0 Å². The number of piperidine rings is 2. The first kappa shape index (κ1) is 16.3. The Kier molecular flexibility index (Phi) is 5.75. The average molecular weight is 323 g/mol. The second kappa shape index (κ2) is 7.78. The number of nitrogens with zero attached hydrogens (tertiary/aromatic N) is 1. The molecule has 2 heterocycles. The van der Waals surface area contributed by atoms with E-state index in [0.717, 1.165) is 44.1 Å². The highest BCUT2D eigenvalue weighted by Gasteiger charge is 2.34. The van der Waals surface area contributed by atoms with Crippen molar-refractivity contribution in [2.45, 2.75) is 37.7 Å². The van der Waals surface area contributed by atoms with Crippen LogP contribution in [0.25, 0.3) is 0 Å². The van der Waals surface area contributed by atoms with Crippen LogP contribution in [-0.2, 0) is 10.3 Å². The molecule has 0 unspecified atom stereocenters. The first-order valence-electron chi connectivity index (χ1n) is 8.62. The summed E-state index contributed by atoms with van der Waals surface area (Å²) in [6, 6.07) is 8.23. The molecule has 3 rings (SSSR count). The Balaban J connectivity index is 1.62. The fraction of sp³-hybridized carbons (Fsp3) is 0.667. The van der Waals surface area contributed by atoms with E-state index in [0.29, 0.717) is 0 Å². The molecular weight excluding hydrogens is 296 g/mol. The van der Waals surface area contributed by atoms with Gasteiger partial charge in [-0.3, -0.25) is 0 Å². The van der Waals surface area contributed by atoms with Crippen LogP contribution in [0.5, 0.6) is 0 Å². The fourth-order valence-electron chi connectivity index (χ4n) is 3.65. The van der Waals surface area contributed by atoms with Gasteiger partial charge in [0.1, 0.15) is 0 Å². The van der Waals surface area contributed by atoms with Gasteiger partial charge in [-0.05, 0) is 69.6 Å². The third kappa shape index (κ3) is 4.02. The quantitative estimate of drug-likeness (QED) is 0.899. The molecule has 2 aliphatic rings. The Morgan fingerprint density at radius 2 is 1.73 bits per heavy atom. The van der Waals surface area contributed by atoms with Crippen molar-refractivity contribution in [2.75, 3.05) is 39.3 Å². The standard InChI is InChI=1S/C18H27ClN2O/c19-17-6-4-16(5-7-17)18(8-10-20-11-9-18)22-15-14-21-12-2-1-3-13-21/h4-7,20H,1-3,8-15H2. The lowest BCUT2D eigenvalue weighted by Crippen LogP contribution is -2.43. The van der Waals surface area contributed by atoms with Crippen LogP contribution in [0, 0.1) is 0 Å². The highest BCUT2D eigenvalue weighted by Crippen LogP contribution is 2.35. The summed E-state index contributed by atoms with van der Waals surface area (Å²) in [4.78, 5) is 2.54. The number of halogens is 1. The summed E-state index contributed by atoms with van der Waals surface area (Å²) in [6.45, 7) is 6.39. The first-order valence-corrected chi connectivity index (χ1v) is 8.99. The highest BCUT2D eigenvalue weighted by molar-refractivity contribution is 6.30. The third-order valence-electron chi connectivity index (χ3n) is 5.02. The van der Waals surface area contributed by atoms with Gasteiger partial charge in [-0.1, -0.05) is 30.2 Å². The minimum atomic E-state index is -0.133. The van der Waals surface area contributed by atoms with Crippen molar-refractivity contribution < 1.29 is 4.74 Å². The van der Waals surface area contributed by atoms with Gasteiger partial charge in [-0.25, -0.2) is 0 Å². The molecular formula is C18H27ClN2O. The average Bonchev–Trinajstić information content (AvgIpc) is 2.57. The SMILES string of the molecule is Clc1ccc(C2(OCCN3CCCCC3)CCNCC2)cc1. The minimum Gasteiger partial charge on any atom is -0.369 e. The Morgan fingerprint density at radius 3 is 2.41 bits per heavy atom. The molecule has 0 aromatic heterocycles. The lowest BCUT2D eigenvalue weighted by molar-refractivity contribution is -0.0778. The summed E-state index contributed by atoms with van der Waals surface area (Å²) in [5.41, 5.74) is 1.14. The molecule has 0 aliphatic carbocycles. The van der Waals surface area contributed by atoms with E-state index in [9.17, 15) is 0 Å². The molecule has 4 heteroatoms. The summed E-state index contributed by atoms with van der Waals surface area (Å²) in [6.07, 6.45) is 6.14. The van der Waals surface area contributed by atoms with Crippen molar-refractivity contribution in [3.05, 3.63) is 34.9 Å². The van der Waals surface area contributed by atoms with Gasteiger partial charge in [0.2, 0.25) is 0 Å². The predicted octanol–water partition coefficient (Wildman–Crippen LogP) is 3.42. The van der Waals surface area contributed by atoms with Gasteiger partial charge in [0.15, 0.2) is 0 Å². The van der Waals surface area contributed by atoms with Crippen LogP contribution >= 0.6 is 11.6 Å². The second-order valence-corrected chi connectivity index (χ2v) is 6.94. The third-order valence-corrected chi connectivity index (χ3v) is 5.27. The van der Waals surface area contributed by atoms with E-state index >= 15 is 0 Å². The zero-order valence-corrected chi connectivity index (χ0v) is 14.1. The number of hydrogen-bond donors (Lipinski definition) is 1. The van der Waals surface area contributed by atoms with Crippen molar-refractivity contribution in [3.8, 4) is 0 Å². The molecule has 1 aromatic rings. The number of benzene rings is 1. The second-order valence-electron chi connectivity index (χ2n) is 6.50. The molecule has 1 aromatic carbocycles. The van der Waals surface area contributed by atoms with Crippen molar-refractivity contribution >= 4 is 11.6 Å². The van der Waals surface area contributed by atoms with Crippen LogP contribution < -0.4 is 5.32 Å². The molecule has 2 saturated heterocycles. The molecule has 22 heavy (non-hydrogen) atoms. The largest absolute Gasteiger partial charge is 0.369 e. The van der Waals surface area contributed by atoms with Gasteiger partial charge in [0, 0.05) is 11.6 Å². The number of likely N-dealkylation sites (tertiary alicyclic amines) is 1. The fourth-order valence-corrected chi connectivity index (χ4v) is 3.78. The minimum absolute atomic E-state index is 0.133. The molecule has 122 valence electrons. The molecule has 0 saturated carbocycles. The van der Waals surface area contributed by atoms with Gasteiger partial charge < -0.3 is 15.0 Å². The van der Waals surface area contributed by atoms with Crippen molar-refractivity contribution in [1.29, 1.82) is 0 Å². The van der Waals surface area contributed by atoms with Gasteiger partial charge in [0.05, 0.1) is 12.2 Å². The van der Waals surface area contributed by atoms with Crippen LogP contribution in [0.4, 0.5) is 0 Å². The summed E-state index contributed by atoms with van der Waals surface area (Å²) < 4.78 is 6.47. The molecule has 2 fully saturated rings. The van der Waals surface area contributed by atoms with Crippen molar-refractivity contribution in [1.82, 2.24) is 10.2 Å². The van der Waals surface area contributed by atoms with Crippen LogP contribution in [0.15, 0.2) is 24.3 Å². The zero-order valence-electron chi connectivity index (χ0n) is 13.3. The monoisotopic (exact) mass is 322 g/mol. The number of hydrogen-bond acceptors (Lipinski definition) is 3. The van der Waals surface area contributed by atoms with Gasteiger partial charge in [0.25, 0.3) is 0 Å². The Hall–Kier alpha value is -0.610. The Morgan fingerprint density at radius 1 is 1.05 bits per heavy atom. The number of ether oxygens (including phenoxy) is 1. The van der Waals surface area contributed by atoms with Gasteiger partial charge in [-0.15, -0.1) is 0 Å². The van der Waals surface area contributed by atoms with E-state index in [1.54, 1.807) is 0 Å². The normalized spacial score (nSPS) is 22.6. The highest BCUT2D eigenvalue weighted by atomic mass is 35.5. The molecule has 2 aliphatic heterocycles. The maximum absolute atomic E-state index is 6.47. The molecule has 0 radical (unpaired) electrons. The maximum Gasteiger partial charge on any atom is 0.0956 e. The Bertz CT molecular complexity index is 451. The molecule has 0 atom stereocenters. The predicted molar refractivity (Wildman–Crippen MR) is 91.5 cm³/mol. The molecule has 0 bridgehead atoms. The Labute approximate surface area is 139 Å². The van der Waals surface area contributed by atoms with Crippen LogP contribution in [0.2, 0.25) is 5.02 Å². The topological polar surface area (TPSA) is 24.5 Å². The zero-order chi connectivity index (χ0) is 15.3. The molecule has 0 spiro atoms. The van der Waals surface area contributed by atoms with E-state index in [2.05, 4.69) is 22.3 Å². The van der Waals surface area contributed by atoms with Crippen molar-refractivity contribution in [2.24, 2.45) is 0 Å². The molecule has 3 nitrogen and oxygen atoms in total. The van der Waals surface area contributed by atoms with E-state index in [1.807, 2.05) is 12.1 Å². The smallest absolute Gasteiger partial charge is 0.0956 e. The van der Waals surface area contributed by atoms with E-state index < -0.39 is 0 Å².